The summed E-state index contributed by atoms with van der Waals surface area (Å²) in [5.41, 5.74) is 1.35. The van der Waals surface area contributed by atoms with Crippen LogP contribution in [0.2, 0.25) is 0 Å². The molecule has 0 saturated carbocycles. The molecule has 2 bridgehead atoms. The van der Waals surface area contributed by atoms with Crippen LogP contribution in [0.25, 0.3) is 0 Å². The van der Waals surface area contributed by atoms with E-state index in [0.717, 1.165) is 29.0 Å². The van der Waals surface area contributed by atoms with Gasteiger partial charge in [-0.25, -0.2) is 9.69 Å². The highest BCUT2D eigenvalue weighted by atomic mass is 16.5. The van der Waals surface area contributed by atoms with Crippen LogP contribution >= 0.6 is 0 Å². The number of ether oxygens (including phenoxy) is 3. The van der Waals surface area contributed by atoms with Gasteiger partial charge in [-0.3, -0.25) is 19.7 Å². The van der Waals surface area contributed by atoms with E-state index in [9.17, 15) is 19.2 Å². The molecule has 1 aromatic heterocycles. The van der Waals surface area contributed by atoms with E-state index in [-0.39, 0.29) is 30.4 Å². The third-order valence-corrected chi connectivity index (χ3v) is 9.35. The van der Waals surface area contributed by atoms with Crippen molar-refractivity contribution in [1.29, 1.82) is 0 Å². The van der Waals surface area contributed by atoms with E-state index in [0.29, 0.717) is 48.1 Å². The predicted octanol–water partition coefficient (Wildman–Crippen LogP) is 3.37. The van der Waals surface area contributed by atoms with Crippen molar-refractivity contribution in [3.8, 4) is 17.2 Å². The Morgan fingerprint density at radius 2 is 1.58 bits per heavy atom. The molecule has 0 unspecified atom stereocenters. The summed E-state index contributed by atoms with van der Waals surface area (Å²) in [5, 5.41) is 2.51. The van der Waals surface area contributed by atoms with Crippen molar-refractivity contribution in [3.05, 3.63) is 81.8 Å². The minimum atomic E-state index is -1.66. The van der Waals surface area contributed by atoms with Gasteiger partial charge in [0.05, 0.1) is 27.0 Å². The van der Waals surface area contributed by atoms with Gasteiger partial charge < -0.3 is 23.7 Å². The topological polar surface area (TPSA) is 119 Å². The van der Waals surface area contributed by atoms with Crippen molar-refractivity contribution in [2.24, 2.45) is 11.3 Å². The number of urea groups is 1. The molecule has 2 aromatic carbocycles. The lowest BCUT2D eigenvalue weighted by Gasteiger charge is -2.47. The zero-order chi connectivity index (χ0) is 31.9. The molecule has 0 radical (unpaired) electrons. The minimum absolute atomic E-state index is 0.0143. The average Bonchev–Trinajstić information content (AvgIpc) is 3.04. The van der Waals surface area contributed by atoms with Crippen LogP contribution in [0, 0.1) is 11.3 Å². The second kappa shape index (κ2) is 12.0. The number of pyridine rings is 1. The number of rotatable bonds is 9. The lowest BCUT2D eigenvalue weighted by molar-refractivity contribution is -0.144. The van der Waals surface area contributed by atoms with Gasteiger partial charge in [-0.15, -0.1) is 0 Å². The first-order chi connectivity index (χ1) is 21.7. The Hall–Kier alpha value is -4.64. The third kappa shape index (κ3) is 5.35. The Balaban J connectivity index is 1.42. The lowest BCUT2D eigenvalue weighted by Crippen LogP contribution is -2.68. The van der Waals surface area contributed by atoms with Gasteiger partial charge in [0.25, 0.3) is 11.5 Å². The van der Waals surface area contributed by atoms with E-state index < -0.39 is 23.3 Å². The number of carbonyl (C=O) groups excluding carboxylic acids is 3. The van der Waals surface area contributed by atoms with Gasteiger partial charge >= 0.3 is 6.03 Å². The van der Waals surface area contributed by atoms with Gasteiger partial charge in [0.15, 0.2) is 11.5 Å². The van der Waals surface area contributed by atoms with Crippen molar-refractivity contribution in [3.63, 3.8) is 0 Å². The van der Waals surface area contributed by atoms with Crippen LogP contribution in [0.1, 0.15) is 36.1 Å². The standard InChI is InChI=1S/C34H38N4O7/c1-5-21-9-11-25(12-10-21)38-32(41)34(31(40)35-33(38)42,16-22-14-27(43-2)30(45-4)28(15-22)44-3)20-36-17-23-13-24(19-36)26-7-6-8-29(39)37(26)18-23/h6-12,14-15,23-24H,5,13,16-20H2,1-4H3,(H,35,40,42)/t23-,24-,34-/m0/s1. The summed E-state index contributed by atoms with van der Waals surface area (Å²) in [7, 11) is 4.52. The van der Waals surface area contributed by atoms with Gasteiger partial charge in [-0.05, 0) is 66.6 Å². The van der Waals surface area contributed by atoms with Crippen LogP contribution in [0.15, 0.2) is 59.4 Å². The highest BCUT2D eigenvalue weighted by molar-refractivity contribution is 6.30. The molecule has 6 rings (SSSR count). The van der Waals surface area contributed by atoms with E-state index in [1.807, 2.05) is 29.7 Å². The fourth-order valence-corrected chi connectivity index (χ4v) is 7.23. The Kier molecular flexibility index (Phi) is 8.13. The summed E-state index contributed by atoms with van der Waals surface area (Å²) < 4.78 is 18.5. The summed E-state index contributed by atoms with van der Waals surface area (Å²) in [6.45, 7) is 3.86. The summed E-state index contributed by atoms with van der Waals surface area (Å²) in [6, 6.07) is 15.2. The smallest absolute Gasteiger partial charge is 0.335 e. The number of nitrogens with zero attached hydrogens (tertiary/aromatic N) is 3. The lowest BCUT2D eigenvalue weighted by atomic mass is 9.75. The van der Waals surface area contributed by atoms with Crippen molar-refractivity contribution in [2.75, 3.05) is 45.9 Å². The predicted molar refractivity (Wildman–Crippen MR) is 167 cm³/mol. The number of carbonyl (C=O) groups is 3. The van der Waals surface area contributed by atoms with E-state index in [2.05, 4.69) is 10.2 Å². The average molecular weight is 615 g/mol. The maximum absolute atomic E-state index is 14.7. The van der Waals surface area contributed by atoms with Crippen LogP contribution in [0.4, 0.5) is 10.5 Å². The minimum Gasteiger partial charge on any atom is -0.493 e. The molecule has 11 heteroatoms. The number of nitrogens with one attached hydrogen (secondary N) is 1. The number of imide groups is 2. The van der Waals surface area contributed by atoms with Crippen LogP contribution in [-0.4, -0.2) is 68.3 Å². The number of anilines is 1. The first-order valence-electron chi connectivity index (χ1n) is 15.2. The van der Waals surface area contributed by atoms with E-state index in [1.165, 1.54) is 21.3 Å². The number of amides is 4. The molecule has 0 aliphatic carbocycles. The number of likely N-dealkylation sites (tertiary alicyclic amines) is 1. The third-order valence-electron chi connectivity index (χ3n) is 9.35. The zero-order valence-corrected chi connectivity index (χ0v) is 26.0. The maximum Gasteiger partial charge on any atom is 0.335 e. The summed E-state index contributed by atoms with van der Waals surface area (Å²) >= 11 is 0. The number of aryl methyl sites for hydroxylation is 1. The summed E-state index contributed by atoms with van der Waals surface area (Å²) in [6.07, 6.45) is 1.71. The SMILES string of the molecule is CCc1ccc(N2C(=O)NC(=O)[C@](Cc3cc(OC)c(OC)c(OC)c3)(CN3C[C@@H]4C[C@@H](C3)c3cccc(=O)n3C4)C2=O)cc1. The van der Waals surface area contributed by atoms with Gasteiger partial charge in [0.2, 0.25) is 11.7 Å². The van der Waals surface area contributed by atoms with Crippen molar-refractivity contribution in [2.45, 2.75) is 38.6 Å². The van der Waals surface area contributed by atoms with Gasteiger partial charge in [-0.2, -0.15) is 0 Å². The Morgan fingerprint density at radius 1 is 0.867 bits per heavy atom. The molecular weight excluding hydrogens is 576 g/mol. The Labute approximate surface area is 261 Å². The second-order valence-electron chi connectivity index (χ2n) is 12.1. The second-order valence-corrected chi connectivity index (χ2v) is 12.1. The van der Waals surface area contributed by atoms with Gasteiger partial charge in [0.1, 0.15) is 5.41 Å². The first kappa shape index (κ1) is 30.4. The summed E-state index contributed by atoms with van der Waals surface area (Å²) in [4.78, 5) is 57.9. The largest absolute Gasteiger partial charge is 0.493 e. The molecule has 45 heavy (non-hydrogen) atoms. The molecule has 3 aliphatic rings. The van der Waals surface area contributed by atoms with Crippen LogP contribution in [-0.2, 0) is 29.0 Å². The van der Waals surface area contributed by atoms with E-state index >= 15 is 0 Å². The molecule has 4 heterocycles. The highest BCUT2D eigenvalue weighted by Gasteiger charge is 2.56. The number of hydrogen-bond donors (Lipinski definition) is 1. The molecule has 2 saturated heterocycles. The quantitative estimate of drug-likeness (QED) is 0.365. The van der Waals surface area contributed by atoms with E-state index in [1.54, 1.807) is 36.4 Å². The zero-order valence-electron chi connectivity index (χ0n) is 26.0. The number of fused-ring (bicyclic) bond motifs is 4. The number of methoxy groups -OCH3 is 3. The number of aromatic nitrogens is 1. The molecular formula is C34H38N4O7. The maximum atomic E-state index is 14.7. The highest BCUT2D eigenvalue weighted by Crippen LogP contribution is 2.43. The van der Waals surface area contributed by atoms with Crippen molar-refractivity contribution < 1.29 is 28.6 Å². The van der Waals surface area contributed by atoms with Gasteiger partial charge in [-0.1, -0.05) is 25.1 Å². The number of barbiturate groups is 1. The van der Waals surface area contributed by atoms with Gasteiger partial charge in [0, 0.05) is 43.9 Å². The molecule has 2 fully saturated rings. The normalized spacial score (nSPS) is 22.9. The molecule has 3 aliphatic heterocycles. The van der Waals surface area contributed by atoms with Crippen molar-refractivity contribution in [1.82, 2.24) is 14.8 Å². The molecule has 11 nitrogen and oxygen atoms in total. The fraction of sp³-hybridized carbons (Fsp3) is 0.412. The van der Waals surface area contributed by atoms with Crippen LogP contribution < -0.4 is 30.0 Å². The monoisotopic (exact) mass is 614 g/mol. The Bertz CT molecular complexity index is 1680. The fourth-order valence-electron chi connectivity index (χ4n) is 7.23. The van der Waals surface area contributed by atoms with Crippen LogP contribution in [0.3, 0.4) is 0 Å². The first-order valence-corrected chi connectivity index (χ1v) is 15.2. The molecule has 236 valence electrons. The number of benzene rings is 2. The molecule has 1 N–H and O–H groups in total. The molecule has 3 atom stereocenters. The molecule has 0 spiro atoms. The number of piperidine rings is 1. The van der Waals surface area contributed by atoms with Crippen LogP contribution in [0.5, 0.6) is 17.2 Å². The molecule has 4 amide bonds. The summed E-state index contributed by atoms with van der Waals surface area (Å²) in [5.74, 6) is 0.178. The Morgan fingerprint density at radius 3 is 2.22 bits per heavy atom. The van der Waals surface area contributed by atoms with E-state index in [4.69, 9.17) is 14.2 Å². The van der Waals surface area contributed by atoms with Crippen molar-refractivity contribution >= 4 is 23.5 Å². The number of hydrogen-bond acceptors (Lipinski definition) is 8. The molecule has 3 aromatic rings.